The lowest BCUT2D eigenvalue weighted by Crippen LogP contribution is -2.28. The molecule has 0 aromatic heterocycles. The van der Waals surface area contributed by atoms with Gasteiger partial charge in [-0.1, -0.05) is 0 Å². The number of hydrogen-bond acceptors (Lipinski definition) is 2. The van der Waals surface area contributed by atoms with Gasteiger partial charge in [0.1, 0.15) is 5.84 Å². The van der Waals surface area contributed by atoms with Crippen LogP contribution in [0.5, 0.6) is 0 Å². The predicted molar refractivity (Wildman–Crippen MR) is 42.5 cm³/mol. The molecule has 1 atom stereocenters. The second-order valence-electron chi connectivity index (χ2n) is 2.07. The standard InChI is InChI=1S/C6H9BrN2/c1-5-3-4-8-6(2)9(5)7/h3-5H,1-2H3. The van der Waals surface area contributed by atoms with Crippen molar-refractivity contribution in [1.29, 1.82) is 0 Å². The van der Waals surface area contributed by atoms with E-state index >= 15 is 0 Å². The Hall–Kier alpha value is -0.310. The molecule has 3 heteroatoms. The van der Waals surface area contributed by atoms with Gasteiger partial charge in [0.25, 0.3) is 0 Å². The van der Waals surface area contributed by atoms with Crippen LogP contribution < -0.4 is 0 Å². The van der Waals surface area contributed by atoms with Crippen LogP contribution in [0.15, 0.2) is 17.3 Å². The van der Waals surface area contributed by atoms with Crippen molar-refractivity contribution >= 4 is 22.0 Å². The van der Waals surface area contributed by atoms with E-state index in [9.17, 15) is 0 Å². The third kappa shape index (κ3) is 1.33. The van der Waals surface area contributed by atoms with Gasteiger partial charge in [-0.05, 0) is 19.9 Å². The van der Waals surface area contributed by atoms with E-state index in [1.54, 1.807) is 0 Å². The fourth-order valence-electron chi connectivity index (χ4n) is 0.701. The van der Waals surface area contributed by atoms with Crippen LogP contribution in [0.1, 0.15) is 13.8 Å². The summed E-state index contributed by atoms with van der Waals surface area (Å²) in [6.07, 6.45) is 3.86. The van der Waals surface area contributed by atoms with Gasteiger partial charge in [-0.3, -0.25) is 3.93 Å². The van der Waals surface area contributed by atoms with Gasteiger partial charge >= 0.3 is 0 Å². The Kier molecular flexibility index (Phi) is 1.90. The molecule has 0 aromatic rings. The number of halogens is 1. The molecule has 0 radical (unpaired) electrons. The molecule has 0 aromatic carbocycles. The smallest absolute Gasteiger partial charge is 0.111 e. The summed E-state index contributed by atoms with van der Waals surface area (Å²) in [4.78, 5) is 4.08. The average molecular weight is 189 g/mol. The Morgan fingerprint density at radius 3 is 2.89 bits per heavy atom. The van der Waals surface area contributed by atoms with Crippen molar-refractivity contribution in [3.63, 3.8) is 0 Å². The number of nitrogens with zero attached hydrogens (tertiary/aromatic N) is 2. The lowest BCUT2D eigenvalue weighted by atomic mass is 10.3. The van der Waals surface area contributed by atoms with E-state index in [0.717, 1.165) is 5.84 Å². The van der Waals surface area contributed by atoms with Gasteiger partial charge in [-0.25, -0.2) is 4.99 Å². The third-order valence-corrected chi connectivity index (χ3v) is 2.45. The van der Waals surface area contributed by atoms with Crippen LogP contribution in [0.3, 0.4) is 0 Å². The van der Waals surface area contributed by atoms with Crippen molar-refractivity contribution in [2.75, 3.05) is 0 Å². The molecule has 0 saturated heterocycles. The molecule has 0 N–H and O–H groups in total. The molecule has 0 aliphatic carbocycles. The first-order valence-corrected chi connectivity index (χ1v) is 3.59. The first-order valence-electron chi connectivity index (χ1n) is 2.88. The van der Waals surface area contributed by atoms with Crippen LogP contribution in [0, 0.1) is 0 Å². The summed E-state index contributed by atoms with van der Waals surface area (Å²) < 4.78 is 1.95. The molecular formula is C6H9BrN2. The molecule has 0 fully saturated rings. The summed E-state index contributed by atoms with van der Waals surface area (Å²) in [6.45, 7) is 4.07. The van der Waals surface area contributed by atoms with E-state index in [1.807, 2.05) is 23.1 Å². The number of amidine groups is 1. The summed E-state index contributed by atoms with van der Waals surface area (Å²) in [7, 11) is 0. The average Bonchev–Trinajstić information content (AvgIpc) is 1.83. The van der Waals surface area contributed by atoms with Gasteiger partial charge in [0.2, 0.25) is 0 Å². The highest BCUT2D eigenvalue weighted by Gasteiger charge is 2.10. The monoisotopic (exact) mass is 188 g/mol. The van der Waals surface area contributed by atoms with Crippen LogP contribution in [0.4, 0.5) is 0 Å². The summed E-state index contributed by atoms with van der Waals surface area (Å²) in [5.41, 5.74) is 0. The van der Waals surface area contributed by atoms with E-state index in [1.165, 1.54) is 0 Å². The Morgan fingerprint density at radius 1 is 1.78 bits per heavy atom. The third-order valence-electron chi connectivity index (χ3n) is 1.29. The molecule has 1 aliphatic heterocycles. The van der Waals surface area contributed by atoms with E-state index in [0.29, 0.717) is 6.04 Å². The molecule has 0 spiro atoms. The van der Waals surface area contributed by atoms with Gasteiger partial charge in [-0.2, -0.15) is 0 Å². The quantitative estimate of drug-likeness (QED) is 0.531. The van der Waals surface area contributed by atoms with E-state index in [-0.39, 0.29) is 0 Å². The van der Waals surface area contributed by atoms with Crippen molar-refractivity contribution in [2.24, 2.45) is 4.99 Å². The molecule has 1 aliphatic rings. The Morgan fingerprint density at radius 2 is 2.44 bits per heavy atom. The summed E-state index contributed by atoms with van der Waals surface area (Å²) in [5, 5.41) is 0. The number of aliphatic imine (C=N–C) groups is 1. The Labute approximate surface area is 63.6 Å². The van der Waals surface area contributed by atoms with E-state index in [2.05, 4.69) is 28.1 Å². The summed E-state index contributed by atoms with van der Waals surface area (Å²) >= 11 is 3.37. The molecular weight excluding hydrogens is 180 g/mol. The zero-order valence-electron chi connectivity index (χ0n) is 5.50. The van der Waals surface area contributed by atoms with Crippen LogP contribution in [-0.2, 0) is 0 Å². The fraction of sp³-hybridized carbons (Fsp3) is 0.500. The second-order valence-corrected chi connectivity index (χ2v) is 2.83. The second kappa shape index (κ2) is 2.52. The zero-order chi connectivity index (χ0) is 6.85. The molecule has 50 valence electrons. The molecule has 1 rings (SSSR count). The highest BCUT2D eigenvalue weighted by molar-refractivity contribution is 9.07. The van der Waals surface area contributed by atoms with Crippen molar-refractivity contribution in [3.8, 4) is 0 Å². The zero-order valence-corrected chi connectivity index (χ0v) is 7.09. The van der Waals surface area contributed by atoms with Crippen LogP contribution in [0.25, 0.3) is 0 Å². The van der Waals surface area contributed by atoms with Gasteiger partial charge in [0.15, 0.2) is 0 Å². The van der Waals surface area contributed by atoms with Gasteiger partial charge in [0, 0.05) is 6.20 Å². The highest BCUT2D eigenvalue weighted by Crippen LogP contribution is 2.12. The molecule has 2 nitrogen and oxygen atoms in total. The van der Waals surface area contributed by atoms with Crippen molar-refractivity contribution in [1.82, 2.24) is 3.93 Å². The van der Waals surface area contributed by atoms with E-state index < -0.39 is 0 Å². The van der Waals surface area contributed by atoms with Crippen LogP contribution in [-0.4, -0.2) is 15.8 Å². The van der Waals surface area contributed by atoms with Crippen LogP contribution in [0.2, 0.25) is 0 Å². The first-order chi connectivity index (χ1) is 4.22. The Bertz CT molecular complexity index is 162. The maximum absolute atomic E-state index is 4.08. The molecule has 0 saturated carbocycles. The maximum atomic E-state index is 4.08. The molecule has 1 unspecified atom stereocenters. The van der Waals surface area contributed by atoms with Gasteiger partial charge in [0.05, 0.1) is 22.2 Å². The lowest BCUT2D eigenvalue weighted by molar-refractivity contribution is 0.604. The molecule has 1 heterocycles. The van der Waals surface area contributed by atoms with Crippen molar-refractivity contribution in [2.45, 2.75) is 19.9 Å². The van der Waals surface area contributed by atoms with Crippen LogP contribution >= 0.6 is 16.1 Å². The summed E-state index contributed by atoms with van der Waals surface area (Å²) in [5.74, 6) is 1.00. The minimum Gasteiger partial charge on any atom is -0.290 e. The topological polar surface area (TPSA) is 15.6 Å². The molecule has 0 bridgehead atoms. The normalized spacial score (nSPS) is 26.3. The SMILES string of the molecule is CC1=NC=CC(C)N1Br. The fourth-order valence-corrected chi connectivity index (χ4v) is 0.929. The number of rotatable bonds is 0. The predicted octanol–water partition coefficient (Wildman–Crippen LogP) is 1.93. The van der Waals surface area contributed by atoms with E-state index in [4.69, 9.17) is 0 Å². The summed E-state index contributed by atoms with van der Waals surface area (Å²) in [6, 6.07) is 0.419. The molecule has 9 heavy (non-hydrogen) atoms. The lowest BCUT2D eigenvalue weighted by Gasteiger charge is -2.22. The largest absolute Gasteiger partial charge is 0.290 e. The Balaban J connectivity index is 2.73. The minimum atomic E-state index is 0.419. The van der Waals surface area contributed by atoms with Crippen molar-refractivity contribution in [3.05, 3.63) is 12.3 Å². The molecule has 0 amide bonds. The highest BCUT2D eigenvalue weighted by atomic mass is 79.9. The van der Waals surface area contributed by atoms with Crippen molar-refractivity contribution < 1.29 is 0 Å². The maximum Gasteiger partial charge on any atom is 0.111 e. The number of hydrogen-bond donors (Lipinski definition) is 0. The van der Waals surface area contributed by atoms with Gasteiger partial charge < -0.3 is 0 Å². The minimum absolute atomic E-state index is 0.419. The first kappa shape index (κ1) is 6.81. The van der Waals surface area contributed by atoms with Gasteiger partial charge in [-0.15, -0.1) is 0 Å².